The van der Waals surface area contributed by atoms with E-state index in [4.69, 9.17) is 11.6 Å². The number of methoxy groups -OCH3 is 1. The fraction of sp³-hybridized carbons (Fsp3) is 0.615. The topological polar surface area (TPSA) is 73.2 Å². The van der Waals surface area contributed by atoms with Gasteiger partial charge < -0.3 is 14.6 Å². The molecule has 0 aliphatic heterocycles. The Kier molecular flexibility index (Phi) is 6.01. The number of aromatic nitrogens is 2. The van der Waals surface area contributed by atoms with Crippen LogP contribution in [0.1, 0.15) is 43.0 Å². The summed E-state index contributed by atoms with van der Waals surface area (Å²) in [5, 5.41) is 2.69. The van der Waals surface area contributed by atoms with Gasteiger partial charge in [0.05, 0.1) is 7.11 Å². The maximum atomic E-state index is 12.1. The van der Waals surface area contributed by atoms with Gasteiger partial charge in [0.15, 0.2) is 5.15 Å². The number of esters is 1. The Morgan fingerprint density at radius 3 is 2.70 bits per heavy atom. The number of imidazole rings is 1. The van der Waals surface area contributed by atoms with Crippen LogP contribution < -0.4 is 5.32 Å². The van der Waals surface area contributed by atoms with Crippen LogP contribution in [0.2, 0.25) is 5.15 Å². The summed E-state index contributed by atoms with van der Waals surface area (Å²) in [6.45, 7) is 3.63. The van der Waals surface area contributed by atoms with E-state index in [2.05, 4.69) is 22.0 Å². The van der Waals surface area contributed by atoms with Gasteiger partial charge in [-0.3, -0.25) is 4.79 Å². The van der Waals surface area contributed by atoms with E-state index in [1.165, 1.54) is 7.11 Å². The minimum Gasteiger partial charge on any atom is -0.467 e. The summed E-state index contributed by atoms with van der Waals surface area (Å²) in [7, 11) is 3.01. The molecule has 1 heterocycles. The van der Waals surface area contributed by atoms with Crippen LogP contribution in [0.5, 0.6) is 0 Å². The lowest BCUT2D eigenvalue weighted by Crippen LogP contribution is -2.40. The smallest absolute Gasteiger partial charge is 0.328 e. The Labute approximate surface area is 123 Å². The fourth-order valence-electron chi connectivity index (χ4n) is 1.81. The van der Waals surface area contributed by atoms with Crippen LogP contribution in [-0.4, -0.2) is 34.6 Å². The van der Waals surface area contributed by atoms with Crippen molar-refractivity contribution in [1.82, 2.24) is 14.9 Å². The summed E-state index contributed by atoms with van der Waals surface area (Å²) in [6, 6.07) is -0.738. The lowest BCUT2D eigenvalue weighted by atomic mass is 10.2. The van der Waals surface area contributed by atoms with Crippen LogP contribution in [-0.2, 0) is 23.0 Å². The molecule has 0 spiro atoms. The fourth-order valence-corrected chi connectivity index (χ4v) is 2.12. The van der Waals surface area contributed by atoms with E-state index in [1.807, 2.05) is 0 Å². The quantitative estimate of drug-likeness (QED) is 0.812. The molecular formula is C13H20ClN3O3. The van der Waals surface area contributed by atoms with Crippen LogP contribution in [0.15, 0.2) is 0 Å². The highest BCUT2D eigenvalue weighted by Crippen LogP contribution is 2.17. The van der Waals surface area contributed by atoms with Crippen molar-refractivity contribution in [1.29, 1.82) is 0 Å². The highest BCUT2D eigenvalue weighted by atomic mass is 35.5. The summed E-state index contributed by atoms with van der Waals surface area (Å²) >= 11 is 6.01. The number of carbonyl (C=O) groups is 2. The van der Waals surface area contributed by atoms with E-state index in [0.717, 1.165) is 25.1 Å². The molecule has 7 heteroatoms. The van der Waals surface area contributed by atoms with E-state index >= 15 is 0 Å². The number of carbonyl (C=O) groups excluding carboxylic acids is 2. The van der Waals surface area contributed by atoms with Crippen molar-refractivity contribution in [2.75, 3.05) is 7.11 Å². The lowest BCUT2D eigenvalue weighted by molar-refractivity contribution is -0.142. The van der Waals surface area contributed by atoms with Crippen LogP contribution in [0.3, 0.4) is 0 Å². The van der Waals surface area contributed by atoms with Gasteiger partial charge in [-0.1, -0.05) is 24.9 Å². The maximum Gasteiger partial charge on any atom is 0.328 e. The third kappa shape index (κ3) is 3.72. The molecule has 1 amide bonds. The monoisotopic (exact) mass is 301 g/mol. The van der Waals surface area contributed by atoms with Crippen LogP contribution in [0.25, 0.3) is 0 Å². The minimum absolute atomic E-state index is 0.146. The highest BCUT2D eigenvalue weighted by Gasteiger charge is 2.23. The summed E-state index contributed by atoms with van der Waals surface area (Å²) in [5.74, 6) is -0.193. The van der Waals surface area contributed by atoms with Crippen molar-refractivity contribution >= 4 is 23.5 Å². The highest BCUT2D eigenvalue weighted by molar-refractivity contribution is 6.32. The molecular weight excluding hydrogens is 282 g/mol. The molecule has 0 aliphatic carbocycles. The molecule has 1 aromatic heterocycles. The SMILES string of the molecule is CCCCc1nc(Cl)c(C(=O)N[C@@H](C)C(=O)OC)n1C. The van der Waals surface area contributed by atoms with E-state index in [-0.39, 0.29) is 10.8 Å². The standard InChI is InChI=1S/C13H20ClN3O3/c1-5-6-7-9-16-11(14)10(17(9)3)12(18)15-8(2)13(19)20-4/h8H,5-7H2,1-4H3,(H,15,18)/t8-/m0/s1. The Hall–Kier alpha value is -1.56. The van der Waals surface area contributed by atoms with Gasteiger partial charge in [-0.2, -0.15) is 0 Å². The van der Waals surface area contributed by atoms with E-state index in [0.29, 0.717) is 0 Å². The number of nitrogens with zero attached hydrogens (tertiary/aromatic N) is 2. The van der Waals surface area contributed by atoms with Gasteiger partial charge in [-0.15, -0.1) is 0 Å². The number of hydrogen-bond acceptors (Lipinski definition) is 4. The molecule has 1 rings (SSSR count). The van der Waals surface area contributed by atoms with Crippen molar-refractivity contribution in [3.8, 4) is 0 Å². The van der Waals surface area contributed by atoms with E-state index in [1.54, 1.807) is 18.5 Å². The third-order valence-electron chi connectivity index (χ3n) is 3.02. The Balaban J connectivity index is 2.88. The number of unbranched alkanes of at least 4 members (excludes halogenated alkanes) is 1. The molecule has 1 atom stereocenters. The molecule has 0 radical (unpaired) electrons. The van der Waals surface area contributed by atoms with Crippen LogP contribution in [0, 0.1) is 0 Å². The summed E-state index contributed by atoms with van der Waals surface area (Å²) < 4.78 is 6.22. The zero-order valence-electron chi connectivity index (χ0n) is 12.2. The van der Waals surface area contributed by atoms with Crippen LogP contribution in [0.4, 0.5) is 0 Å². The number of aryl methyl sites for hydroxylation is 1. The molecule has 112 valence electrons. The number of rotatable bonds is 6. The largest absolute Gasteiger partial charge is 0.467 e. The molecule has 0 saturated carbocycles. The zero-order valence-corrected chi connectivity index (χ0v) is 13.0. The number of nitrogens with one attached hydrogen (secondary N) is 1. The van der Waals surface area contributed by atoms with Crippen molar-refractivity contribution in [2.45, 2.75) is 39.2 Å². The Morgan fingerprint density at radius 1 is 1.50 bits per heavy atom. The zero-order chi connectivity index (χ0) is 15.3. The number of hydrogen-bond donors (Lipinski definition) is 1. The first kappa shape index (κ1) is 16.5. The molecule has 1 N–H and O–H groups in total. The normalized spacial score (nSPS) is 12.1. The second kappa shape index (κ2) is 7.28. The Bertz CT molecular complexity index is 499. The van der Waals surface area contributed by atoms with Crippen LogP contribution >= 0.6 is 11.6 Å². The van der Waals surface area contributed by atoms with Crippen molar-refractivity contribution in [3.63, 3.8) is 0 Å². The Morgan fingerprint density at radius 2 is 2.15 bits per heavy atom. The first-order valence-electron chi connectivity index (χ1n) is 6.52. The number of halogens is 1. The van der Waals surface area contributed by atoms with Gasteiger partial charge >= 0.3 is 5.97 Å². The number of ether oxygens (including phenoxy) is 1. The van der Waals surface area contributed by atoms with E-state index in [9.17, 15) is 9.59 Å². The average Bonchev–Trinajstić information content (AvgIpc) is 2.69. The minimum atomic E-state index is -0.738. The molecule has 0 aromatic carbocycles. The first-order valence-corrected chi connectivity index (χ1v) is 6.89. The molecule has 0 fully saturated rings. The van der Waals surface area contributed by atoms with Crippen molar-refractivity contribution < 1.29 is 14.3 Å². The third-order valence-corrected chi connectivity index (χ3v) is 3.28. The summed E-state index contributed by atoms with van der Waals surface area (Å²) in [5.41, 5.74) is 0.258. The predicted octanol–water partition coefficient (Wildman–Crippen LogP) is 1.71. The average molecular weight is 302 g/mol. The first-order chi connectivity index (χ1) is 9.42. The second-order valence-electron chi connectivity index (χ2n) is 4.55. The molecule has 0 bridgehead atoms. The van der Waals surface area contributed by atoms with E-state index < -0.39 is 17.9 Å². The van der Waals surface area contributed by atoms with Gasteiger partial charge in [0.2, 0.25) is 0 Å². The molecule has 6 nitrogen and oxygen atoms in total. The molecule has 0 saturated heterocycles. The maximum absolute atomic E-state index is 12.1. The van der Waals surface area contributed by atoms with Gasteiger partial charge in [0.25, 0.3) is 5.91 Å². The summed E-state index contributed by atoms with van der Waals surface area (Å²) in [4.78, 5) is 27.6. The summed E-state index contributed by atoms with van der Waals surface area (Å²) in [6.07, 6.45) is 2.76. The second-order valence-corrected chi connectivity index (χ2v) is 4.91. The molecule has 1 aromatic rings. The molecule has 20 heavy (non-hydrogen) atoms. The lowest BCUT2D eigenvalue weighted by Gasteiger charge is -2.12. The predicted molar refractivity (Wildman–Crippen MR) is 75.8 cm³/mol. The molecule has 0 aliphatic rings. The van der Waals surface area contributed by atoms with Gasteiger partial charge in [-0.25, -0.2) is 9.78 Å². The van der Waals surface area contributed by atoms with Crippen molar-refractivity contribution in [3.05, 3.63) is 16.7 Å². The van der Waals surface area contributed by atoms with Gasteiger partial charge in [-0.05, 0) is 13.3 Å². The van der Waals surface area contributed by atoms with Gasteiger partial charge in [0.1, 0.15) is 17.6 Å². The van der Waals surface area contributed by atoms with Crippen molar-refractivity contribution in [2.24, 2.45) is 7.05 Å². The number of amides is 1. The molecule has 0 unspecified atom stereocenters. The van der Waals surface area contributed by atoms with Gasteiger partial charge in [0, 0.05) is 13.5 Å².